The molecule has 1 heterocycles. The molecule has 0 amide bonds. The third kappa shape index (κ3) is 3.38. The highest BCUT2D eigenvalue weighted by Crippen LogP contribution is 2.15. The topological polar surface area (TPSA) is 96.9 Å². The molecule has 0 saturated carbocycles. The van der Waals surface area contributed by atoms with E-state index >= 15 is 0 Å². The van der Waals surface area contributed by atoms with Gasteiger partial charge in [-0.2, -0.15) is 5.10 Å². The Labute approximate surface area is 111 Å². The molecule has 19 heavy (non-hydrogen) atoms. The second-order valence-corrected chi connectivity index (χ2v) is 5.31. The summed E-state index contributed by atoms with van der Waals surface area (Å²) in [6.07, 6.45) is 2.72. The van der Waals surface area contributed by atoms with Crippen molar-refractivity contribution < 1.29 is 8.42 Å². The lowest BCUT2D eigenvalue weighted by molar-refractivity contribution is 0.600. The van der Waals surface area contributed by atoms with Crippen LogP contribution in [0.4, 0.5) is 11.6 Å². The van der Waals surface area contributed by atoms with Crippen molar-refractivity contribution in [1.29, 1.82) is 0 Å². The van der Waals surface area contributed by atoms with Crippen LogP contribution in [-0.4, -0.2) is 30.1 Å². The largest absolute Gasteiger partial charge is 0.385 e. The summed E-state index contributed by atoms with van der Waals surface area (Å²) in [5.74, 6) is -0.0572. The molecule has 2 aromatic rings. The van der Waals surface area contributed by atoms with E-state index in [1.807, 2.05) is 6.92 Å². The second kappa shape index (κ2) is 5.61. The van der Waals surface area contributed by atoms with E-state index in [1.165, 1.54) is 24.5 Å². The first-order valence-corrected chi connectivity index (χ1v) is 7.10. The van der Waals surface area contributed by atoms with Gasteiger partial charge in [0.05, 0.1) is 17.3 Å². The van der Waals surface area contributed by atoms with Crippen LogP contribution in [0, 0.1) is 0 Å². The Bertz CT molecular complexity index is 628. The number of nitrogens with one attached hydrogen (secondary N) is 2. The molecule has 0 aliphatic heterocycles. The minimum atomic E-state index is -3.69. The van der Waals surface area contributed by atoms with Gasteiger partial charge in [0.25, 0.3) is 16.0 Å². The molecule has 0 aliphatic carbocycles. The van der Waals surface area contributed by atoms with Crippen LogP contribution in [0.15, 0.2) is 41.6 Å². The Kier molecular flexibility index (Phi) is 3.91. The van der Waals surface area contributed by atoms with E-state index in [0.717, 1.165) is 12.2 Å². The van der Waals surface area contributed by atoms with Crippen molar-refractivity contribution in [3.05, 3.63) is 36.7 Å². The molecule has 0 unspecified atom stereocenters. The van der Waals surface area contributed by atoms with E-state index in [-0.39, 0.29) is 10.8 Å². The third-order valence-corrected chi connectivity index (χ3v) is 3.60. The fraction of sp³-hybridized carbons (Fsp3) is 0.182. The van der Waals surface area contributed by atoms with E-state index in [4.69, 9.17) is 0 Å². The molecule has 2 rings (SSSR count). The van der Waals surface area contributed by atoms with Gasteiger partial charge >= 0.3 is 0 Å². The first-order chi connectivity index (χ1) is 9.12. The van der Waals surface area contributed by atoms with Crippen molar-refractivity contribution in [2.75, 3.05) is 16.6 Å². The lowest BCUT2D eigenvalue weighted by atomic mass is 10.3. The maximum atomic E-state index is 12.0. The molecule has 0 fully saturated rings. The molecule has 0 saturated heterocycles. The van der Waals surface area contributed by atoms with Gasteiger partial charge in [0.2, 0.25) is 0 Å². The van der Waals surface area contributed by atoms with E-state index in [1.54, 1.807) is 12.1 Å². The molecule has 0 spiro atoms. The number of aromatic nitrogens is 3. The van der Waals surface area contributed by atoms with Crippen LogP contribution >= 0.6 is 0 Å². The highest BCUT2D eigenvalue weighted by atomic mass is 32.2. The number of sulfonamides is 1. The molecule has 8 heteroatoms. The average Bonchev–Trinajstić information content (AvgIpc) is 2.40. The van der Waals surface area contributed by atoms with Gasteiger partial charge in [0.1, 0.15) is 0 Å². The SMILES string of the molecule is CCNc1ccc(S(=O)(=O)Nc2nccnn2)cc1. The standard InChI is InChI=1S/C11H13N5O2S/c1-2-12-9-3-5-10(6-4-9)19(17,18)16-11-13-7-8-14-15-11/h3-8,12H,2H2,1H3,(H,13,15,16). The van der Waals surface area contributed by atoms with Crippen LogP contribution in [0.5, 0.6) is 0 Å². The smallest absolute Gasteiger partial charge is 0.264 e. The van der Waals surface area contributed by atoms with Crippen molar-refractivity contribution in [2.24, 2.45) is 0 Å². The summed E-state index contributed by atoms with van der Waals surface area (Å²) >= 11 is 0. The van der Waals surface area contributed by atoms with Crippen LogP contribution in [0.2, 0.25) is 0 Å². The van der Waals surface area contributed by atoms with Gasteiger partial charge < -0.3 is 5.32 Å². The minimum Gasteiger partial charge on any atom is -0.385 e. The maximum absolute atomic E-state index is 12.0. The summed E-state index contributed by atoms with van der Waals surface area (Å²) < 4.78 is 26.3. The number of nitrogens with zero attached hydrogens (tertiary/aromatic N) is 3. The number of anilines is 2. The molecule has 0 bridgehead atoms. The molecular formula is C11H13N5O2S. The van der Waals surface area contributed by atoms with Gasteiger partial charge in [-0.25, -0.2) is 18.1 Å². The highest BCUT2D eigenvalue weighted by Gasteiger charge is 2.15. The Morgan fingerprint density at radius 2 is 1.89 bits per heavy atom. The molecular weight excluding hydrogens is 266 g/mol. The normalized spacial score (nSPS) is 11.0. The zero-order chi connectivity index (χ0) is 13.7. The molecule has 0 radical (unpaired) electrons. The quantitative estimate of drug-likeness (QED) is 0.850. The fourth-order valence-corrected chi connectivity index (χ4v) is 2.38. The highest BCUT2D eigenvalue weighted by molar-refractivity contribution is 7.92. The second-order valence-electron chi connectivity index (χ2n) is 3.63. The van der Waals surface area contributed by atoms with Crippen LogP contribution in [0.25, 0.3) is 0 Å². The Morgan fingerprint density at radius 1 is 1.16 bits per heavy atom. The summed E-state index contributed by atoms with van der Waals surface area (Å²) in [5.41, 5.74) is 0.860. The third-order valence-electron chi connectivity index (χ3n) is 2.25. The van der Waals surface area contributed by atoms with Gasteiger partial charge in [0.15, 0.2) is 0 Å². The number of hydrogen-bond acceptors (Lipinski definition) is 6. The molecule has 0 atom stereocenters. The Balaban J connectivity index is 2.20. The molecule has 0 aliphatic rings. The van der Waals surface area contributed by atoms with Gasteiger partial charge in [-0.3, -0.25) is 0 Å². The summed E-state index contributed by atoms with van der Waals surface area (Å²) in [4.78, 5) is 3.90. The molecule has 2 N–H and O–H groups in total. The average molecular weight is 279 g/mol. The van der Waals surface area contributed by atoms with Crippen molar-refractivity contribution in [2.45, 2.75) is 11.8 Å². The van der Waals surface area contributed by atoms with Gasteiger partial charge in [-0.1, -0.05) is 0 Å². The maximum Gasteiger partial charge on any atom is 0.264 e. The van der Waals surface area contributed by atoms with E-state index in [2.05, 4.69) is 25.2 Å². The van der Waals surface area contributed by atoms with Crippen molar-refractivity contribution in [3.63, 3.8) is 0 Å². The van der Waals surface area contributed by atoms with E-state index < -0.39 is 10.0 Å². The fourth-order valence-electron chi connectivity index (χ4n) is 1.43. The van der Waals surface area contributed by atoms with Crippen molar-refractivity contribution in [1.82, 2.24) is 15.2 Å². The Morgan fingerprint density at radius 3 is 2.47 bits per heavy atom. The van der Waals surface area contributed by atoms with Gasteiger partial charge in [0, 0.05) is 12.2 Å². The van der Waals surface area contributed by atoms with E-state index in [0.29, 0.717) is 0 Å². The zero-order valence-electron chi connectivity index (χ0n) is 10.2. The number of benzene rings is 1. The van der Waals surface area contributed by atoms with Crippen molar-refractivity contribution in [3.8, 4) is 0 Å². The van der Waals surface area contributed by atoms with Crippen LogP contribution in [-0.2, 0) is 10.0 Å². The zero-order valence-corrected chi connectivity index (χ0v) is 11.1. The number of hydrogen-bond donors (Lipinski definition) is 2. The first kappa shape index (κ1) is 13.2. The van der Waals surface area contributed by atoms with Crippen LogP contribution in [0.3, 0.4) is 0 Å². The molecule has 7 nitrogen and oxygen atoms in total. The van der Waals surface area contributed by atoms with Crippen LogP contribution < -0.4 is 10.0 Å². The predicted octanol–water partition coefficient (Wildman–Crippen LogP) is 1.10. The lowest BCUT2D eigenvalue weighted by Crippen LogP contribution is -2.15. The first-order valence-electron chi connectivity index (χ1n) is 5.62. The lowest BCUT2D eigenvalue weighted by Gasteiger charge is -2.07. The Hall–Kier alpha value is -2.22. The summed E-state index contributed by atoms with van der Waals surface area (Å²) in [6.45, 7) is 2.74. The number of rotatable bonds is 5. The molecule has 1 aromatic carbocycles. The molecule has 1 aromatic heterocycles. The summed E-state index contributed by atoms with van der Waals surface area (Å²) in [6, 6.07) is 6.41. The molecule has 100 valence electrons. The summed E-state index contributed by atoms with van der Waals surface area (Å²) in [7, 11) is -3.69. The van der Waals surface area contributed by atoms with Gasteiger partial charge in [-0.15, -0.1) is 5.10 Å². The van der Waals surface area contributed by atoms with Gasteiger partial charge in [-0.05, 0) is 31.2 Å². The van der Waals surface area contributed by atoms with E-state index in [9.17, 15) is 8.42 Å². The van der Waals surface area contributed by atoms with Crippen molar-refractivity contribution >= 4 is 21.7 Å². The minimum absolute atomic E-state index is 0.0572. The monoisotopic (exact) mass is 279 g/mol. The predicted molar refractivity (Wildman–Crippen MR) is 71.2 cm³/mol. The summed E-state index contributed by atoms with van der Waals surface area (Å²) in [5, 5.41) is 10.2. The van der Waals surface area contributed by atoms with Crippen LogP contribution in [0.1, 0.15) is 6.92 Å².